The summed E-state index contributed by atoms with van der Waals surface area (Å²) >= 11 is 0. The Morgan fingerprint density at radius 1 is 0.860 bits per heavy atom. The van der Waals surface area contributed by atoms with Crippen molar-refractivity contribution in [3.05, 3.63) is 118 Å². The summed E-state index contributed by atoms with van der Waals surface area (Å²) in [6, 6.07) is 21.4. The van der Waals surface area contributed by atoms with E-state index in [0.717, 1.165) is 16.5 Å². The van der Waals surface area contributed by atoms with E-state index in [-0.39, 0.29) is 19.0 Å². The van der Waals surface area contributed by atoms with Crippen molar-refractivity contribution in [2.75, 3.05) is 20.8 Å². The predicted molar refractivity (Wildman–Crippen MR) is 161 cm³/mol. The minimum atomic E-state index is -0.473. The Hall–Kier alpha value is -5.64. The Morgan fingerprint density at radius 3 is 2.51 bits per heavy atom. The summed E-state index contributed by atoms with van der Waals surface area (Å²) in [5.74, 6) is 2.02. The molecule has 10 heteroatoms. The van der Waals surface area contributed by atoms with Gasteiger partial charge >= 0.3 is 5.63 Å². The smallest absolute Gasteiger partial charge is 0.339 e. The second-order valence-corrected chi connectivity index (χ2v) is 9.26. The Labute approximate surface area is 247 Å². The molecular weight excluding hydrogens is 550 g/mol. The van der Waals surface area contributed by atoms with E-state index in [1.165, 1.54) is 18.2 Å². The molecule has 3 aromatic carbocycles. The number of rotatable bonds is 13. The molecule has 0 atom stereocenters. The first-order valence-corrected chi connectivity index (χ1v) is 13.4. The number of carbonyl (C=O) groups excluding carboxylic acids is 1. The molecular formula is C33H29N3O7. The fourth-order valence-corrected chi connectivity index (χ4v) is 4.23. The van der Waals surface area contributed by atoms with Gasteiger partial charge in [0.15, 0.2) is 17.3 Å². The van der Waals surface area contributed by atoms with Gasteiger partial charge in [-0.25, -0.2) is 9.48 Å². The number of allylic oxidation sites excluding steroid dienone is 2. The summed E-state index contributed by atoms with van der Waals surface area (Å²) < 4.78 is 29.4. The Balaban J connectivity index is 1.14. The molecule has 5 aromatic rings. The zero-order chi connectivity index (χ0) is 30.0. The summed E-state index contributed by atoms with van der Waals surface area (Å²) in [7, 11) is 3.14. The number of benzene rings is 3. The van der Waals surface area contributed by atoms with Gasteiger partial charge in [0.2, 0.25) is 0 Å². The van der Waals surface area contributed by atoms with Crippen molar-refractivity contribution >= 4 is 28.9 Å². The van der Waals surface area contributed by atoms with Crippen LogP contribution in [0.2, 0.25) is 0 Å². The third kappa shape index (κ3) is 7.56. The fraction of sp³-hybridized carbons (Fsp3) is 0.152. The SMILES string of the molecule is COc1ccccc1/C=C/C(=O)/C=C/c1ccc(OCc2cn(CCOc3cc(=O)oc4ccccc34)nn2)c(OC)c1. The summed E-state index contributed by atoms with van der Waals surface area (Å²) in [5.41, 5.74) is 2.21. The number of hydrogen-bond donors (Lipinski definition) is 0. The van der Waals surface area contributed by atoms with Crippen molar-refractivity contribution < 1.29 is 28.2 Å². The van der Waals surface area contributed by atoms with Crippen molar-refractivity contribution in [1.29, 1.82) is 0 Å². The minimum absolute atomic E-state index is 0.165. The molecule has 2 heterocycles. The molecule has 0 radical (unpaired) electrons. The van der Waals surface area contributed by atoms with Crippen LogP contribution < -0.4 is 24.6 Å². The highest BCUT2D eigenvalue weighted by Gasteiger charge is 2.09. The fourth-order valence-electron chi connectivity index (χ4n) is 4.23. The number of methoxy groups -OCH3 is 2. The van der Waals surface area contributed by atoms with Crippen LogP contribution in [0.15, 0.2) is 100 Å². The average Bonchev–Trinajstić information content (AvgIpc) is 3.49. The first-order chi connectivity index (χ1) is 21.0. The summed E-state index contributed by atoms with van der Waals surface area (Å²) in [4.78, 5) is 24.2. The zero-order valence-corrected chi connectivity index (χ0v) is 23.6. The number of hydrogen-bond acceptors (Lipinski definition) is 9. The van der Waals surface area contributed by atoms with Gasteiger partial charge in [0.25, 0.3) is 0 Å². The molecule has 0 spiro atoms. The van der Waals surface area contributed by atoms with Crippen LogP contribution in [0, 0.1) is 0 Å². The minimum Gasteiger partial charge on any atom is -0.496 e. The van der Waals surface area contributed by atoms with Crippen LogP contribution in [0.4, 0.5) is 0 Å². The van der Waals surface area contributed by atoms with E-state index in [4.69, 9.17) is 23.4 Å². The van der Waals surface area contributed by atoms with E-state index >= 15 is 0 Å². The zero-order valence-electron chi connectivity index (χ0n) is 23.6. The van der Waals surface area contributed by atoms with Crippen molar-refractivity contribution in [1.82, 2.24) is 15.0 Å². The van der Waals surface area contributed by atoms with Crippen LogP contribution in [-0.4, -0.2) is 41.6 Å². The van der Waals surface area contributed by atoms with E-state index in [9.17, 15) is 9.59 Å². The van der Waals surface area contributed by atoms with Crippen LogP contribution in [0.3, 0.4) is 0 Å². The molecule has 10 nitrogen and oxygen atoms in total. The van der Waals surface area contributed by atoms with Gasteiger partial charge in [-0.05, 0) is 54.1 Å². The van der Waals surface area contributed by atoms with E-state index in [0.29, 0.717) is 40.8 Å². The van der Waals surface area contributed by atoms with Crippen LogP contribution in [0.25, 0.3) is 23.1 Å². The first kappa shape index (κ1) is 28.9. The predicted octanol–water partition coefficient (Wildman–Crippen LogP) is 5.36. The number of nitrogens with zero attached hydrogens (tertiary/aromatic N) is 3. The molecule has 0 amide bonds. The number of carbonyl (C=O) groups is 1. The highest BCUT2D eigenvalue weighted by molar-refractivity contribution is 6.04. The van der Waals surface area contributed by atoms with E-state index < -0.39 is 5.63 Å². The monoisotopic (exact) mass is 579 g/mol. The van der Waals surface area contributed by atoms with Crippen LogP contribution >= 0.6 is 0 Å². The van der Waals surface area contributed by atoms with Crippen LogP contribution in [0.1, 0.15) is 16.8 Å². The van der Waals surface area contributed by atoms with Gasteiger partial charge < -0.3 is 23.4 Å². The van der Waals surface area contributed by atoms with Crippen molar-refractivity contribution in [2.24, 2.45) is 0 Å². The number of aromatic nitrogens is 3. The van der Waals surface area contributed by atoms with E-state index in [1.54, 1.807) is 61.5 Å². The Morgan fingerprint density at radius 2 is 1.65 bits per heavy atom. The van der Waals surface area contributed by atoms with Gasteiger partial charge in [-0.1, -0.05) is 47.7 Å². The summed E-state index contributed by atoms with van der Waals surface area (Å²) in [5, 5.41) is 9.00. The van der Waals surface area contributed by atoms with E-state index in [1.807, 2.05) is 42.5 Å². The van der Waals surface area contributed by atoms with E-state index in [2.05, 4.69) is 10.3 Å². The molecule has 0 aliphatic rings. The molecule has 2 aromatic heterocycles. The highest BCUT2D eigenvalue weighted by Crippen LogP contribution is 2.29. The molecule has 0 aliphatic heterocycles. The number of ether oxygens (including phenoxy) is 4. The average molecular weight is 580 g/mol. The van der Waals surface area contributed by atoms with Gasteiger partial charge in [0, 0.05) is 5.56 Å². The second-order valence-electron chi connectivity index (χ2n) is 9.26. The molecule has 5 rings (SSSR count). The highest BCUT2D eigenvalue weighted by atomic mass is 16.5. The topological polar surface area (TPSA) is 115 Å². The standard InChI is InChI=1S/C33H29N3O7/c1-39-28-9-5-3-7-24(28)13-15-26(37)14-11-23-12-16-30(32(19-23)40-2)42-22-25-21-36(35-34-25)17-18-41-31-20-33(38)43-29-10-6-4-8-27(29)31/h3-16,19-21H,17-18,22H2,1-2H3/b14-11+,15-13+. The molecule has 0 unspecified atom stereocenters. The molecule has 0 N–H and O–H groups in total. The second kappa shape index (κ2) is 13.8. The van der Waals surface area contributed by atoms with Crippen LogP contribution in [-0.2, 0) is 17.9 Å². The van der Waals surface area contributed by atoms with Gasteiger partial charge in [0.1, 0.15) is 36.0 Å². The number of ketones is 1. The molecule has 0 saturated carbocycles. The number of para-hydroxylation sites is 2. The van der Waals surface area contributed by atoms with Crippen molar-refractivity contribution in [2.45, 2.75) is 13.2 Å². The third-order valence-corrected chi connectivity index (χ3v) is 6.35. The lowest BCUT2D eigenvalue weighted by atomic mass is 10.1. The van der Waals surface area contributed by atoms with Gasteiger partial charge in [-0.15, -0.1) is 5.10 Å². The Kier molecular flexibility index (Phi) is 9.28. The maximum absolute atomic E-state index is 12.4. The molecule has 0 saturated heterocycles. The normalized spacial score (nSPS) is 11.3. The third-order valence-electron chi connectivity index (χ3n) is 6.35. The molecule has 0 fully saturated rings. The largest absolute Gasteiger partial charge is 0.496 e. The lowest BCUT2D eigenvalue weighted by Crippen LogP contribution is -2.10. The maximum atomic E-state index is 12.4. The van der Waals surface area contributed by atoms with Crippen molar-refractivity contribution in [3.63, 3.8) is 0 Å². The lowest BCUT2D eigenvalue weighted by molar-refractivity contribution is -0.110. The van der Waals surface area contributed by atoms with Gasteiger partial charge in [0.05, 0.1) is 38.4 Å². The Bertz CT molecular complexity index is 1840. The summed E-state index contributed by atoms with van der Waals surface area (Å²) in [6.45, 7) is 0.861. The lowest BCUT2D eigenvalue weighted by Gasteiger charge is -2.10. The number of fused-ring (bicyclic) bond motifs is 1. The van der Waals surface area contributed by atoms with Crippen LogP contribution in [0.5, 0.6) is 23.0 Å². The van der Waals surface area contributed by atoms with Gasteiger partial charge in [-0.2, -0.15) is 0 Å². The molecule has 0 bridgehead atoms. The van der Waals surface area contributed by atoms with Crippen molar-refractivity contribution in [3.8, 4) is 23.0 Å². The first-order valence-electron chi connectivity index (χ1n) is 13.4. The quantitative estimate of drug-likeness (QED) is 0.134. The molecule has 0 aliphatic carbocycles. The molecule has 218 valence electrons. The van der Waals surface area contributed by atoms with Gasteiger partial charge in [-0.3, -0.25) is 4.79 Å². The molecule has 43 heavy (non-hydrogen) atoms. The maximum Gasteiger partial charge on any atom is 0.339 e. The summed E-state index contributed by atoms with van der Waals surface area (Å²) in [6.07, 6.45) is 8.16.